The fourth-order valence-electron chi connectivity index (χ4n) is 1.50. The third-order valence-electron chi connectivity index (χ3n) is 1.99. The fourth-order valence-corrected chi connectivity index (χ4v) is 1.50. The van der Waals surface area contributed by atoms with E-state index in [1.54, 1.807) is 0 Å². The van der Waals surface area contributed by atoms with Crippen molar-refractivity contribution in [1.29, 1.82) is 0 Å². The van der Waals surface area contributed by atoms with Gasteiger partial charge in [0.15, 0.2) is 0 Å². The smallest absolute Gasteiger partial charge is 0.0774 e. The molecule has 0 aromatic rings. The van der Waals surface area contributed by atoms with Crippen molar-refractivity contribution in [1.82, 2.24) is 0 Å². The molecule has 0 amide bonds. The number of hydrogen-bond donors (Lipinski definition) is 1. The van der Waals surface area contributed by atoms with Gasteiger partial charge in [-0.2, -0.15) is 0 Å². The molecule has 60 valence electrons. The summed E-state index contributed by atoms with van der Waals surface area (Å²) in [7, 11) is 0. The summed E-state index contributed by atoms with van der Waals surface area (Å²) >= 11 is 0. The van der Waals surface area contributed by atoms with Crippen LogP contribution >= 0.6 is 0 Å². The zero-order valence-corrected chi connectivity index (χ0v) is 7.05. The van der Waals surface area contributed by atoms with Crippen LogP contribution in [-0.2, 0) is 4.74 Å². The van der Waals surface area contributed by atoms with Crippen molar-refractivity contribution in [3.63, 3.8) is 0 Å². The first-order valence-electron chi connectivity index (χ1n) is 3.89. The zero-order valence-electron chi connectivity index (χ0n) is 7.05. The van der Waals surface area contributed by atoms with Crippen LogP contribution in [0.25, 0.3) is 0 Å². The van der Waals surface area contributed by atoms with Gasteiger partial charge in [-0.3, -0.25) is 0 Å². The van der Waals surface area contributed by atoms with Gasteiger partial charge in [-0.05, 0) is 11.8 Å². The van der Waals surface area contributed by atoms with Crippen molar-refractivity contribution < 1.29 is 4.74 Å². The average molecular weight is 143 g/mol. The first kappa shape index (κ1) is 8.02. The van der Waals surface area contributed by atoms with Crippen LogP contribution in [0.3, 0.4) is 0 Å². The molecule has 2 atom stereocenters. The normalized spacial score (nSPS) is 34.8. The van der Waals surface area contributed by atoms with Gasteiger partial charge in [-0.15, -0.1) is 0 Å². The third kappa shape index (κ3) is 1.50. The van der Waals surface area contributed by atoms with Gasteiger partial charge >= 0.3 is 0 Å². The molecule has 1 aliphatic rings. The van der Waals surface area contributed by atoms with Gasteiger partial charge in [0.1, 0.15) is 0 Å². The SMILES string of the molecule is CC(C)(C)C1OCCC1N. The van der Waals surface area contributed by atoms with E-state index in [2.05, 4.69) is 20.8 Å². The Morgan fingerprint density at radius 3 is 2.20 bits per heavy atom. The van der Waals surface area contributed by atoms with E-state index in [0.29, 0.717) is 0 Å². The molecule has 0 aromatic heterocycles. The zero-order chi connectivity index (χ0) is 7.78. The summed E-state index contributed by atoms with van der Waals surface area (Å²) in [4.78, 5) is 0. The predicted molar refractivity (Wildman–Crippen MR) is 41.8 cm³/mol. The Hall–Kier alpha value is -0.0800. The molecule has 2 nitrogen and oxygen atoms in total. The maximum absolute atomic E-state index is 5.84. The highest BCUT2D eigenvalue weighted by atomic mass is 16.5. The molecule has 10 heavy (non-hydrogen) atoms. The lowest BCUT2D eigenvalue weighted by molar-refractivity contribution is 0.0219. The van der Waals surface area contributed by atoms with E-state index in [1.807, 2.05) is 0 Å². The lowest BCUT2D eigenvalue weighted by Gasteiger charge is -2.28. The van der Waals surface area contributed by atoms with Gasteiger partial charge < -0.3 is 10.5 Å². The van der Waals surface area contributed by atoms with Crippen LogP contribution in [0.1, 0.15) is 27.2 Å². The third-order valence-corrected chi connectivity index (χ3v) is 1.99. The Kier molecular flexibility index (Phi) is 2.02. The molecule has 1 aliphatic heterocycles. The first-order valence-corrected chi connectivity index (χ1v) is 3.89. The van der Waals surface area contributed by atoms with Crippen molar-refractivity contribution >= 4 is 0 Å². The summed E-state index contributed by atoms with van der Waals surface area (Å²) in [6, 6.07) is 0.250. The second kappa shape index (κ2) is 2.51. The molecule has 0 spiro atoms. The van der Waals surface area contributed by atoms with Crippen molar-refractivity contribution in [2.75, 3.05) is 6.61 Å². The van der Waals surface area contributed by atoms with E-state index in [9.17, 15) is 0 Å². The van der Waals surface area contributed by atoms with Crippen LogP contribution in [0.4, 0.5) is 0 Å². The van der Waals surface area contributed by atoms with Crippen molar-refractivity contribution in [3.05, 3.63) is 0 Å². The summed E-state index contributed by atoms with van der Waals surface area (Å²) in [6.07, 6.45) is 1.27. The lowest BCUT2D eigenvalue weighted by Crippen LogP contribution is -2.39. The predicted octanol–water partition coefficient (Wildman–Crippen LogP) is 1.15. The Morgan fingerprint density at radius 1 is 1.40 bits per heavy atom. The Morgan fingerprint density at radius 2 is 2.00 bits per heavy atom. The second-order valence-corrected chi connectivity index (χ2v) is 4.11. The van der Waals surface area contributed by atoms with Crippen LogP contribution in [0.5, 0.6) is 0 Å². The van der Waals surface area contributed by atoms with Gasteiger partial charge in [-0.1, -0.05) is 20.8 Å². The summed E-state index contributed by atoms with van der Waals surface area (Å²) in [6.45, 7) is 7.34. The molecule has 1 fully saturated rings. The monoisotopic (exact) mass is 143 g/mol. The minimum atomic E-state index is 0.204. The van der Waals surface area contributed by atoms with Gasteiger partial charge in [0.05, 0.1) is 6.10 Å². The first-order chi connectivity index (χ1) is 4.52. The van der Waals surface area contributed by atoms with E-state index >= 15 is 0 Å². The highest BCUT2D eigenvalue weighted by Gasteiger charge is 2.34. The second-order valence-electron chi connectivity index (χ2n) is 4.11. The molecular weight excluding hydrogens is 126 g/mol. The quantitative estimate of drug-likeness (QED) is 0.552. The standard InChI is InChI=1S/C8H17NO/c1-8(2,3)7-6(9)4-5-10-7/h6-7H,4-5,9H2,1-3H3. The van der Waals surface area contributed by atoms with E-state index in [0.717, 1.165) is 13.0 Å². The highest BCUT2D eigenvalue weighted by molar-refractivity contribution is 4.87. The van der Waals surface area contributed by atoms with E-state index in [1.165, 1.54) is 0 Å². The van der Waals surface area contributed by atoms with Gasteiger partial charge in [-0.25, -0.2) is 0 Å². The molecule has 2 heteroatoms. The molecule has 2 N–H and O–H groups in total. The average Bonchev–Trinajstić information content (AvgIpc) is 2.11. The minimum absolute atomic E-state index is 0.204. The molecule has 1 rings (SSSR count). The van der Waals surface area contributed by atoms with E-state index in [4.69, 9.17) is 10.5 Å². The number of nitrogens with two attached hydrogens (primary N) is 1. The molecule has 1 saturated heterocycles. The molecule has 0 aliphatic carbocycles. The van der Waals surface area contributed by atoms with Crippen LogP contribution < -0.4 is 5.73 Å². The molecular formula is C8H17NO. The van der Waals surface area contributed by atoms with Gasteiger partial charge in [0.2, 0.25) is 0 Å². The Balaban J connectivity index is 2.55. The number of rotatable bonds is 0. The van der Waals surface area contributed by atoms with Crippen LogP contribution in [0, 0.1) is 5.41 Å². The van der Waals surface area contributed by atoms with E-state index in [-0.39, 0.29) is 17.6 Å². The van der Waals surface area contributed by atoms with Crippen LogP contribution in [0.15, 0.2) is 0 Å². The molecule has 2 unspecified atom stereocenters. The highest BCUT2D eigenvalue weighted by Crippen LogP contribution is 2.29. The van der Waals surface area contributed by atoms with Gasteiger partial charge in [0, 0.05) is 12.6 Å². The minimum Gasteiger partial charge on any atom is -0.376 e. The Labute approximate surface area is 62.7 Å². The topological polar surface area (TPSA) is 35.2 Å². The van der Waals surface area contributed by atoms with Crippen LogP contribution in [-0.4, -0.2) is 18.8 Å². The summed E-state index contributed by atoms with van der Waals surface area (Å²) in [5.74, 6) is 0. The van der Waals surface area contributed by atoms with E-state index < -0.39 is 0 Å². The summed E-state index contributed by atoms with van der Waals surface area (Å²) in [5, 5.41) is 0. The Bertz CT molecular complexity index is 117. The number of ether oxygens (including phenoxy) is 1. The molecule has 0 saturated carbocycles. The lowest BCUT2D eigenvalue weighted by atomic mass is 9.85. The molecule has 0 bridgehead atoms. The molecule has 1 heterocycles. The maximum atomic E-state index is 5.84. The van der Waals surface area contributed by atoms with Crippen LogP contribution in [0.2, 0.25) is 0 Å². The van der Waals surface area contributed by atoms with Gasteiger partial charge in [0.25, 0.3) is 0 Å². The fraction of sp³-hybridized carbons (Fsp3) is 1.00. The van der Waals surface area contributed by atoms with Crippen molar-refractivity contribution in [2.24, 2.45) is 11.1 Å². The van der Waals surface area contributed by atoms with Crippen molar-refractivity contribution in [3.8, 4) is 0 Å². The summed E-state index contributed by atoms with van der Waals surface area (Å²) < 4.78 is 5.50. The molecule has 0 aromatic carbocycles. The largest absolute Gasteiger partial charge is 0.376 e. The maximum Gasteiger partial charge on any atom is 0.0774 e. The molecule has 0 radical (unpaired) electrons. The number of hydrogen-bond acceptors (Lipinski definition) is 2. The summed E-state index contributed by atoms with van der Waals surface area (Å²) in [5.41, 5.74) is 6.04. The van der Waals surface area contributed by atoms with Crippen molar-refractivity contribution in [2.45, 2.75) is 39.3 Å².